The summed E-state index contributed by atoms with van der Waals surface area (Å²) in [5.41, 5.74) is -0.972. The van der Waals surface area contributed by atoms with Gasteiger partial charge in [-0.25, -0.2) is 4.79 Å². The van der Waals surface area contributed by atoms with Crippen molar-refractivity contribution in [2.45, 2.75) is 96.8 Å². The molecule has 3 N–H and O–H groups in total. The number of esters is 1. The number of phenolic OH excluding ortho intramolecular Hbond substituents is 2. The molecular weight excluding hydrogens is 484 g/mol. The van der Waals surface area contributed by atoms with Crippen LogP contribution in [-0.2, 0) is 4.74 Å². The summed E-state index contributed by atoms with van der Waals surface area (Å²) in [6, 6.07) is 3.61. The minimum Gasteiger partial charge on any atom is -0.504 e. The third kappa shape index (κ3) is 9.92. The van der Waals surface area contributed by atoms with Crippen molar-refractivity contribution in [3.63, 3.8) is 0 Å². The summed E-state index contributed by atoms with van der Waals surface area (Å²) in [5, 5.41) is 31.0. The smallest absolute Gasteiger partial charge is 0.338 e. The van der Waals surface area contributed by atoms with Gasteiger partial charge in [-0.3, -0.25) is 4.79 Å². The van der Waals surface area contributed by atoms with Gasteiger partial charge in [-0.1, -0.05) is 76.9 Å². The Balaban J connectivity index is 1.73. The molecule has 0 bridgehead atoms. The number of allylic oxidation sites excluding steroid dienone is 2. The molecule has 0 heterocycles. The fraction of sp³-hybridized carbons (Fsp3) is 0.548. The number of ether oxygens (including phenoxy) is 2. The van der Waals surface area contributed by atoms with E-state index in [2.05, 4.69) is 23.8 Å². The molecule has 0 spiro atoms. The van der Waals surface area contributed by atoms with Crippen molar-refractivity contribution in [3.05, 3.63) is 46.1 Å². The number of hydrogen-bond donors (Lipinski definition) is 3. The first-order chi connectivity index (χ1) is 18.4. The zero-order valence-corrected chi connectivity index (χ0v) is 23.0. The van der Waals surface area contributed by atoms with Crippen LogP contribution in [0.2, 0.25) is 0 Å². The third-order valence-corrected chi connectivity index (χ3v) is 6.67. The van der Waals surface area contributed by atoms with E-state index in [-0.39, 0.29) is 22.1 Å². The zero-order valence-electron chi connectivity index (χ0n) is 23.0. The van der Waals surface area contributed by atoms with Gasteiger partial charge >= 0.3 is 5.97 Å². The minimum atomic E-state index is -0.882. The van der Waals surface area contributed by atoms with Gasteiger partial charge in [0.05, 0.1) is 24.7 Å². The van der Waals surface area contributed by atoms with Gasteiger partial charge in [0.15, 0.2) is 17.2 Å². The highest BCUT2D eigenvalue weighted by molar-refractivity contribution is 6.00. The Morgan fingerprint density at radius 3 is 1.95 bits per heavy atom. The molecule has 0 unspecified atom stereocenters. The molecule has 0 fully saturated rings. The van der Waals surface area contributed by atoms with E-state index in [1.165, 1.54) is 77.0 Å². The highest BCUT2D eigenvalue weighted by Gasteiger charge is 2.19. The van der Waals surface area contributed by atoms with Crippen molar-refractivity contribution in [3.8, 4) is 23.0 Å². The molecule has 0 atom stereocenters. The molecule has 7 heteroatoms. The lowest BCUT2D eigenvalue weighted by Crippen LogP contribution is -2.03. The molecule has 0 radical (unpaired) electrons. The van der Waals surface area contributed by atoms with Crippen LogP contribution >= 0.6 is 0 Å². The fourth-order valence-corrected chi connectivity index (χ4v) is 4.44. The highest BCUT2D eigenvalue weighted by atomic mass is 16.5. The highest BCUT2D eigenvalue weighted by Crippen LogP contribution is 2.44. The number of methoxy groups -OCH3 is 1. The van der Waals surface area contributed by atoms with E-state index in [1.54, 1.807) is 0 Å². The van der Waals surface area contributed by atoms with Crippen LogP contribution < -0.4 is 10.2 Å². The molecule has 38 heavy (non-hydrogen) atoms. The molecule has 2 aromatic carbocycles. The summed E-state index contributed by atoms with van der Waals surface area (Å²) in [6.07, 6.45) is 21.4. The lowest BCUT2D eigenvalue weighted by molar-refractivity contribution is 0.0601. The van der Waals surface area contributed by atoms with Crippen LogP contribution in [-0.4, -0.2) is 35.0 Å². The van der Waals surface area contributed by atoms with Crippen LogP contribution in [0.5, 0.6) is 23.0 Å². The maximum absolute atomic E-state index is 12.2. The largest absolute Gasteiger partial charge is 0.504 e. The van der Waals surface area contributed by atoms with E-state index in [4.69, 9.17) is 4.74 Å². The quantitative estimate of drug-likeness (QED) is 0.0793. The second kappa shape index (κ2) is 17.3. The first-order valence-electron chi connectivity index (χ1n) is 14.0. The maximum Gasteiger partial charge on any atom is 0.338 e. The van der Waals surface area contributed by atoms with Crippen molar-refractivity contribution in [2.24, 2.45) is 0 Å². The molecule has 0 aliphatic heterocycles. The predicted octanol–water partition coefficient (Wildman–Crippen LogP) is 7.52. The van der Waals surface area contributed by atoms with E-state index < -0.39 is 28.6 Å². The van der Waals surface area contributed by atoms with E-state index >= 15 is 0 Å². The first-order valence-corrected chi connectivity index (χ1v) is 14.0. The number of phenols is 2. The Kier molecular flexibility index (Phi) is 14.1. The summed E-state index contributed by atoms with van der Waals surface area (Å²) in [7, 11) is 1.18. The van der Waals surface area contributed by atoms with Gasteiger partial charge in [0.1, 0.15) is 0 Å². The summed E-state index contributed by atoms with van der Waals surface area (Å²) < 4.78 is 10.3. The monoisotopic (exact) mass is 528 g/mol. The van der Waals surface area contributed by atoms with E-state index in [0.717, 1.165) is 38.2 Å². The molecule has 0 aliphatic rings. The van der Waals surface area contributed by atoms with Crippen molar-refractivity contribution < 1.29 is 29.6 Å². The lowest BCUT2D eigenvalue weighted by atomic mass is 10.1. The molecule has 7 nitrogen and oxygen atoms in total. The van der Waals surface area contributed by atoms with Gasteiger partial charge in [0, 0.05) is 6.07 Å². The number of aromatic hydroxyl groups is 3. The second-order valence-corrected chi connectivity index (χ2v) is 9.77. The van der Waals surface area contributed by atoms with E-state index in [0.29, 0.717) is 6.61 Å². The van der Waals surface area contributed by atoms with Gasteiger partial charge in [-0.2, -0.15) is 0 Å². The summed E-state index contributed by atoms with van der Waals surface area (Å²) >= 11 is 0. The molecule has 2 aromatic rings. The Hall–Kier alpha value is -3.22. The van der Waals surface area contributed by atoms with Crippen LogP contribution in [0.1, 0.15) is 107 Å². The van der Waals surface area contributed by atoms with Crippen molar-refractivity contribution >= 4 is 16.7 Å². The summed E-state index contributed by atoms with van der Waals surface area (Å²) in [4.78, 5) is 24.1. The number of benzene rings is 1. The predicted molar refractivity (Wildman–Crippen MR) is 151 cm³/mol. The van der Waals surface area contributed by atoms with Gasteiger partial charge in [0.2, 0.25) is 11.2 Å². The zero-order chi connectivity index (χ0) is 27.8. The molecular formula is C31H44O7. The average Bonchev–Trinajstić information content (AvgIpc) is 3.03. The third-order valence-electron chi connectivity index (χ3n) is 6.67. The molecule has 0 saturated heterocycles. The van der Waals surface area contributed by atoms with Gasteiger partial charge in [-0.05, 0) is 49.6 Å². The Labute approximate surface area is 226 Å². The average molecular weight is 529 g/mol. The van der Waals surface area contributed by atoms with Crippen LogP contribution in [0, 0.1) is 0 Å². The van der Waals surface area contributed by atoms with Crippen molar-refractivity contribution in [1.29, 1.82) is 0 Å². The Bertz CT molecular complexity index is 1110. The maximum atomic E-state index is 12.2. The lowest BCUT2D eigenvalue weighted by Gasteiger charge is -2.11. The number of fused-ring (bicyclic) bond motifs is 1. The summed E-state index contributed by atoms with van der Waals surface area (Å²) in [6.45, 7) is 2.58. The second-order valence-electron chi connectivity index (χ2n) is 9.77. The number of carbonyl (C=O) groups is 1. The normalized spacial score (nSPS) is 11.3. The number of hydrogen-bond acceptors (Lipinski definition) is 7. The van der Waals surface area contributed by atoms with E-state index in [1.807, 2.05) is 0 Å². The van der Waals surface area contributed by atoms with Gasteiger partial charge < -0.3 is 24.8 Å². The standard InChI is InChI=1S/C31H44O7/c1-3-4-5-6-7-8-9-10-11-12-13-14-15-16-17-18-19-38-26-22-23-20-24(31(36)37-2)21-25(32)28(33)27(23)30(35)29(26)34/h10-11,20-22,34-35H,3-9,12-19H2,1-2H3,(H,32,33)/b11-10-. The molecule has 210 valence electrons. The van der Waals surface area contributed by atoms with Crippen LogP contribution in [0.25, 0.3) is 10.8 Å². The Morgan fingerprint density at radius 1 is 0.763 bits per heavy atom. The van der Waals surface area contributed by atoms with Gasteiger partial charge in [-0.15, -0.1) is 0 Å². The topological polar surface area (TPSA) is 113 Å². The van der Waals surface area contributed by atoms with Crippen LogP contribution in [0.15, 0.2) is 35.1 Å². The molecule has 0 amide bonds. The number of unbranched alkanes of at least 4 members (excludes halogenated alkanes) is 12. The van der Waals surface area contributed by atoms with E-state index in [9.17, 15) is 24.9 Å². The minimum absolute atomic E-state index is 0.0108. The molecule has 0 aliphatic carbocycles. The van der Waals surface area contributed by atoms with Crippen molar-refractivity contribution in [2.75, 3.05) is 13.7 Å². The summed E-state index contributed by atoms with van der Waals surface area (Å²) in [5.74, 6) is -2.78. The van der Waals surface area contributed by atoms with Crippen LogP contribution in [0.4, 0.5) is 0 Å². The SMILES string of the molecule is CCCCCCCC/C=C\CCCCCCCCOc1cc2cc(C(=O)OC)cc(=O)c(O)c2c(O)c1O. The molecule has 0 aromatic heterocycles. The number of rotatable bonds is 18. The fourth-order valence-electron chi connectivity index (χ4n) is 4.44. The van der Waals surface area contributed by atoms with Gasteiger partial charge in [0.25, 0.3) is 0 Å². The first kappa shape index (κ1) is 31.0. The molecule has 0 saturated carbocycles. The molecule has 2 rings (SSSR count). The van der Waals surface area contributed by atoms with Crippen molar-refractivity contribution in [1.82, 2.24) is 0 Å². The van der Waals surface area contributed by atoms with Crippen LogP contribution in [0.3, 0.4) is 0 Å². The Morgan fingerprint density at radius 2 is 1.34 bits per heavy atom. The number of carbonyl (C=O) groups excluding carboxylic acids is 1.